The molecule has 0 radical (unpaired) electrons. The van der Waals surface area contributed by atoms with Crippen molar-refractivity contribution < 1.29 is 25.8 Å². The second-order valence-corrected chi connectivity index (χ2v) is 9.71. The van der Waals surface area contributed by atoms with Gasteiger partial charge >= 0.3 is 28.0 Å². The number of nitrogens with zero attached hydrogens (tertiary/aromatic N) is 4. The summed E-state index contributed by atoms with van der Waals surface area (Å²) in [6.45, 7) is -0.110. The van der Waals surface area contributed by atoms with Gasteiger partial charge in [0.15, 0.2) is 0 Å². The average Bonchev–Trinajstić information content (AvgIpc) is 3.38. The van der Waals surface area contributed by atoms with Crippen LogP contribution in [0.1, 0.15) is 0 Å². The molecule has 0 amide bonds. The Balaban J connectivity index is 0.00000276. The molecule has 2 aliphatic rings. The summed E-state index contributed by atoms with van der Waals surface area (Å²) in [6, 6.07) is 45.8. The van der Waals surface area contributed by atoms with E-state index in [-0.39, 0.29) is 28.0 Å². The van der Waals surface area contributed by atoms with Crippen molar-refractivity contribution in [2.45, 2.75) is 0 Å². The smallest absolute Gasteiger partial charge is 0.503 e. The Kier molecular flexibility index (Phi) is 6.41. The predicted molar refractivity (Wildman–Crippen MR) is 160 cm³/mol. The van der Waals surface area contributed by atoms with Gasteiger partial charge < -0.3 is 19.3 Å². The van der Waals surface area contributed by atoms with E-state index in [1.54, 1.807) is 6.20 Å². The number of hydrogen-bond donors (Lipinski definition) is 0. The number of pyridine rings is 2. The normalized spacial score (nSPS) is 12.5. The van der Waals surface area contributed by atoms with E-state index in [0.29, 0.717) is 11.5 Å². The maximum atomic E-state index is 6.29. The summed E-state index contributed by atoms with van der Waals surface area (Å²) in [4.78, 5) is 13.9. The van der Waals surface area contributed by atoms with Crippen LogP contribution < -0.4 is 19.8 Å². The number of rotatable bonds is 4. The van der Waals surface area contributed by atoms with Gasteiger partial charge in [-0.3, -0.25) is 0 Å². The van der Waals surface area contributed by atoms with Gasteiger partial charge in [0.05, 0.1) is 5.69 Å². The molecule has 0 spiro atoms. The minimum absolute atomic E-state index is 0. The van der Waals surface area contributed by atoms with Crippen LogP contribution in [0.4, 0.5) is 22.9 Å². The molecule has 0 fully saturated rings. The first-order valence-corrected chi connectivity index (χ1v) is 13.2. The summed E-state index contributed by atoms with van der Waals surface area (Å²) in [5.74, 6) is 2.10. The number of anilines is 4. The maximum Gasteiger partial charge on any atom is 2.00 e. The van der Waals surface area contributed by atoms with Crippen molar-refractivity contribution in [1.29, 1.82) is 0 Å². The van der Waals surface area contributed by atoms with Gasteiger partial charge in [0.25, 0.3) is 0 Å². The van der Waals surface area contributed by atoms with E-state index in [2.05, 4.69) is 87.4 Å². The van der Waals surface area contributed by atoms with Crippen LogP contribution in [0, 0.1) is 12.1 Å². The van der Waals surface area contributed by atoms with Crippen molar-refractivity contribution in [3.8, 4) is 33.9 Å². The van der Waals surface area contributed by atoms with Crippen LogP contribution >= 0.6 is 0 Å². The van der Waals surface area contributed by atoms with Crippen molar-refractivity contribution in [1.82, 2.24) is 9.97 Å². The van der Waals surface area contributed by atoms with Crippen LogP contribution in [0.25, 0.3) is 22.4 Å². The number of ether oxygens (including phenoxy) is 1. The van der Waals surface area contributed by atoms with E-state index >= 15 is 0 Å². The van der Waals surface area contributed by atoms with Crippen molar-refractivity contribution in [2.24, 2.45) is 0 Å². The van der Waals surface area contributed by atoms with Gasteiger partial charge in [0, 0.05) is 35.1 Å². The van der Waals surface area contributed by atoms with Gasteiger partial charge in [0.2, 0.25) is 0 Å². The van der Waals surface area contributed by atoms with Crippen molar-refractivity contribution in [2.75, 3.05) is 9.62 Å². The van der Waals surface area contributed by atoms with E-state index < -0.39 is 0 Å². The van der Waals surface area contributed by atoms with E-state index in [4.69, 9.17) is 9.72 Å². The molecule has 4 heterocycles. The summed E-state index contributed by atoms with van der Waals surface area (Å²) >= 11 is 0. The zero-order chi connectivity index (χ0) is 26.5. The van der Waals surface area contributed by atoms with Crippen molar-refractivity contribution in [3.63, 3.8) is 0 Å². The zero-order valence-corrected chi connectivity index (χ0v) is 24.0. The Bertz CT molecular complexity index is 1880. The molecule has 0 atom stereocenters. The molecule has 4 aromatic carbocycles. The number of benzene rings is 4. The van der Waals surface area contributed by atoms with Gasteiger partial charge in [0.1, 0.15) is 5.82 Å². The third kappa shape index (κ3) is 4.23. The SMILES string of the molecule is [Pt+2].[c-]1c(Oc2[c-]c(N3B4c5ccccc5-c5ccccc5N4c4cccnc43)ccc2)cccc1-c1ccccn1. The Labute approximate surface area is 253 Å². The van der Waals surface area contributed by atoms with Crippen LogP contribution in [0.2, 0.25) is 0 Å². The molecule has 0 aliphatic carbocycles. The third-order valence-corrected chi connectivity index (χ3v) is 7.38. The Morgan fingerprint density at radius 1 is 0.585 bits per heavy atom. The summed E-state index contributed by atoms with van der Waals surface area (Å²) in [5, 5.41) is 0. The van der Waals surface area contributed by atoms with Crippen LogP contribution in [-0.4, -0.2) is 17.0 Å². The maximum absolute atomic E-state index is 6.29. The molecule has 41 heavy (non-hydrogen) atoms. The fourth-order valence-electron chi connectivity index (χ4n) is 5.72. The first-order valence-electron chi connectivity index (χ1n) is 13.2. The quantitative estimate of drug-likeness (QED) is 0.143. The van der Waals surface area contributed by atoms with E-state index in [9.17, 15) is 0 Å². The largest absolute Gasteiger partial charge is 2.00 e. The summed E-state index contributed by atoms with van der Waals surface area (Å²) in [7, 11) is 0. The molecule has 0 bridgehead atoms. The minimum Gasteiger partial charge on any atom is -0.503 e. The molecular weight excluding hydrogens is 686 g/mol. The fraction of sp³-hybridized carbons (Fsp3) is 0. The molecule has 2 aromatic heterocycles. The molecule has 7 heteroatoms. The third-order valence-electron chi connectivity index (χ3n) is 7.38. The van der Waals surface area contributed by atoms with Crippen molar-refractivity contribution in [3.05, 3.63) is 140 Å². The number of para-hydroxylation sites is 1. The molecule has 2 aliphatic heterocycles. The molecule has 196 valence electrons. The zero-order valence-electron chi connectivity index (χ0n) is 21.7. The molecule has 0 unspecified atom stereocenters. The van der Waals surface area contributed by atoms with Gasteiger partial charge in [-0.1, -0.05) is 66.4 Å². The van der Waals surface area contributed by atoms with Gasteiger partial charge in [-0.15, -0.1) is 42.0 Å². The number of aromatic nitrogens is 2. The topological polar surface area (TPSA) is 41.5 Å². The average molecular weight is 707 g/mol. The second kappa shape index (κ2) is 10.4. The van der Waals surface area contributed by atoms with E-state index in [1.165, 1.54) is 16.6 Å². The van der Waals surface area contributed by atoms with E-state index in [1.807, 2.05) is 60.8 Å². The Morgan fingerprint density at radius 2 is 1.32 bits per heavy atom. The monoisotopic (exact) mass is 707 g/mol. The molecule has 0 N–H and O–H groups in total. The van der Waals surface area contributed by atoms with Crippen LogP contribution in [-0.2, 0) is 21.1 Å². The molecular formula is C34H21BN4OPt. The first-order chi connectivity index (χ1) is 19.8. The molecule has 6 aromatic rings. The van der Waals surface area contributed by atoms with Crippen LogP contribution in [0.15, 0.2) is 128 Å². The molecule has 8 rings (SSSR count). The Morgan fingerprint density at radius 3 is 2.20 bits per heavy atom. The second-order valence-electron chi connectivity index (χ2n) is 9.71. The van der Waals surface area contributed by atoms with E-state index in [0.717, 1.165) is 34.1 Å². The summed E-state index contributed by atoms with van der Waals surface area (Å²) in [5.41, 5.74) is 8.49. The van der Waals surface area contributed by atoms with Gasteiger partial charge in [-0.25, -0.2) is 4.98 Å². The molecule has 0 saturated heterocycles. The molecule has 5 nitrogen and oxygen atoms in total. The fourth-order valence-corrected chi connectivity index (χ4v) is 5.72. The first kappa shape index (κ1) is 25.3. The van der Waals surface area contributed by atoms with Gasteiger partial charge in [-0.05, 0) is 41.0 Å². The number of fused-ring (bicyclic) bond motifs is 8. The standard InChI is InChI=1S/C34H21BN4O.Pt/c1-3-16-30-28(14-1)29-15-2-4-18-32(29)39-33-19-9-21-37-34(33)38(35(30)39)25-11-8-13-27(23-25)40-26-12-7-10-24(22-26)31-17-5-6-20-36-31;/h1-21H;/q-2;+2. The predicted octanol–water partition coefficient (Wildman–Crippen LogP) is 7.20. The molecule has 0 saturated carbocycles. The minimum atomic E-state index is -0.110. The van der Waals surface area contributed by atoms with Gasteiger partial charge in [-0.2, -0.15) is 6.07 Å². The number of hydrogen-bond acceptors (Lipinski definition) is 5. The van der Waals surface area contributed by atoms with Crippen LogP contribution in [0.5, 0.6) is 11.5 Å². The summed E-state index contributed by atoms with van der Waals surface area (Å²) < 4.78 is 6.29. The summed E-state index contributed by atoms with van der Waals surface area (Å²) in [6.07, 6.45) is 3.63. The van der Waals surface area contributed by atoms with Crippen LogP contribution in [0.3, 0.4) is 0 Å². The van der Waals surface area contributed by atoms with Crippen molar-refractivity contribution >= 4 is 35.3 Å². The Hall–Kier alpha value is -4.67.